The second-order valence-electron chi connectivity index (χ2n) is 10.9. The first-order valence-corrected chi connectivity index (χ1v) is 14.1. The summed E-state index contributed by atoms with van der Waals surface area (Å²) in [6.45, 7) is 21.2. The molecule has 3 aromatic rings. The fourth-order valence-electron chi connectivity index (χ4n) is 3.88. The maximum Gasteiger partial charge on any atom is 0.0723 e. The number of aryl methyl sites for hydroxylation is 1. The highest BCUT2D eigenvalue weighted by molar-refractivity contribution is 7.80. The van der Waals surface area contributed by atoms with E-state index in [2.05, 4.69) is 126 Å². The molecule has 4 rings (SSSR count). The first-order valence-electron chi connectivity index (χ1n) is 13.6. The van der Waals surface area contributed by atoms with E-state index in [4.69, 9.17) is 0 Å². The zero-order valence-corrected chi connectivity index (χ0v) is 26.2. The summed E-state index contributed by atoms with van der Waals surface area (Å²) in [5.74, 6) is 0. The minimum atomic E-state index is -0.553. The Bertz CT molecular complexity index is 1160. The number of benzene rings is 3. The summed E-state index contributed by atoms with van der Waals surface area (Å²) < 4.78 is 0. The minimum Gasteiger partial charge on any atom is -0.390 e. The van der Waals surface area contributed by atoms with Gasteiger partial charge in [0.05, 0.1) is 17.0 Å². The van der Waals surface area contributed by atoms with Gasteiger partial charge in [-0.3, -0.25) is 0 Å². The van der Waals surface area contributed by atoms with Gasteiger partial charge in [0, 0.05) is 17.5 Å². The molecule has 0 amide bonds. The lowest BCUT2D eigenvalue weighted by Gasteiger charge is -2.37. The van der Waals surface area contributed by atoms with Gasteiger partial charge in [0.25, 0.3) is 0 Å². The lowest BCUT2D eigenvalue weighted by atomic mass is 9.74. The number of hydrogen-bond donors (Lipinski definition) is 2. The summed E-state index contributed by atoms with van der Waals surface area (Å²) in [4.78, 5) is 3.14. The van der Waals surface area contributed by atoms with Crippen molar-refractivity contribution in [2.24, 2.45) is 5.41 Å². The zero-order chi connectivity index (χ0) is 29.6. The highest BCUT2D eigenvalue weighted by atomic mass is 32.1. The number of hydrogen-bond acceptors (Lipinski definition) is 3. The monoisotopic (exact) mass is 543 g/mol. The topological polar surface area (TPSA) is 23.2 Å². The smallest absolute Gasteiger partial charge is 0.0723 e. The van der Waals surface area contributed by atoms with E-state index in [1.807, 2.05) is 45.0 Å². The fourth-order valence-corrected chi connectivity index (χ4v) is 4.10. The number of allylic oxidation sites excluding steroid dienone is 2. The molecule has 0 aliphatic carbocycles. The van der Waals surface area contributed by atoms with Crippen LogP contribution in [0.5, 0.6) is 0 Å². The summed E-state index contributed by atoms with van der Waals surface area (Å²) in [7, 11) is 2.05. The highest BCUT2D eigenvalue weighted by Crippen LogP contribution is 2.38. The third kappa shape index (κ3) is 11.3. The molecule has 0 aromatic heterocycles. The number of thiol groups is 1. The van der Waals surface area contributed by atoms with Crippen molar-refractivity contribution in [2.75, 3.05) is 7.05 Å². The van der Waals surface area contributed by atoms with Crippen molar-refractivity contribution in [2.45, 2.75) is 71.8 Å². The van der Waals surface area contributed by atoms with Gasteiger partial charge in [-0.2, -0.15) is 0 Å². The van der Waals surface area contributed by atoms with E-state index in [0.29, 0.717) is 0 Å². The lowest BCUT2D eigenvalue weighted by Crippen LogP contribution is -2.38. The quantitative estimate of drug-likeness (QED) is 0.239. The average molecular weight is 544 g/mol. The van der Waals surface area contributed by atoms with Crippen LogP contribution in [0.25, 0.3) is 16.8 Å². The molecule has 0 fully saturated rings. The molecule has 39 heavy (non-hydrogen) atoms. The molecule has 1 aliphatic heterocycles. The molecule has 0 atom stereocenters. The maximum atomic E-state index is 9.68. The Morgan fingerprint density at radius 2 is 1.36 bits per heavy atom. The fraction of sp³-hybridized carbons (Fsp3) is 0.333. The second kappa shape index (κ2) is 16.2. The molecule has 2 nitrogen and oxygen atoms in total. The molecule has 0 saturated heterocycles. The molecule has 0 bridgehead atoms. The summed E-state index contributed by atoms with van der Waals surface area (Å²) >= 11 is 4.33. The van der Waals surface area contributed by atoms with E-state index in [0.717, 1.165) is 17.7 Å². The van der Waals surface area contributed by atoms with Crippen LogP contribution in [0.1, 0.15) is 65.5 Å². The van der Waals surface area contributed by atoms with E-state index in [-0.39, 0.29) is 5.41 Å². The predicted octanol–water partition coefficient (Wildman–Crippen LogP) is 10.2. The number of nitrogens with zero attached hydrogens (tertiary/aromatic N) is 1. The second-order valence-corrected chi connectivity index (χ2v) is 11.4. The third-order valence-corrected chi connectivity index (χ3v) is 7.14. The molecule has 1 aliphatic rings. The molecule has 0 unspecified atom stereocenters. The molecule has 1 heterocycles. The van der Waals surface area contributed by atoms with E-state index in [1.54, 1.807) is 6.08 Å². The Morgan fingerprint density at radius 3 is 1.77 bits per heavy atom. The van der Waals surface area contributed by atoms with Crippen LogP contribution in [-0.4, -0.2) is 22.7 Å². The van der Waals surface area contributed by atoms with Gasteiger partial charge >= 0.3 is 0 Å². The van der Waals surface area contributed by atoms with E-state index < -0.39 is 5.60 Å². The molecular weight excluding hydrogens is 494 g/mol. The summed E-state index contributed by atoms with van der Waals surface area (Å²) in [6, 6.07) is 27.0. The summed E-state index contributed by atoms with van der Waals surface area (Å²) in [5, 5.41) is 9.68. The molecule has 1 N–H and O–H groups in total. The van der Waals surface area contributed by atoms with Crippen LogP contribution >= 0.6 is 12.6 Å². The number of likely N-dealkylation sites (N-methyl/N-ethyl adjacent to an activating group) is 1. The van der Waals surface area contributed by atoms with Crippen LogP contribution in [-0.2, 0) is 0 Å². The Hall–Kier alpha value is -3.01. The van der Waals surface area contributed by atoms with E-state index in [1.165, 1.54) is 33.6 Å². The SMILES string of the molecule is C=CC.C=CC1=C(c2ccccc2)N1C.CCCC(C)(C)C(C)(C)O.Cc1cccc(-c2cccc(S)c2)c1. The zero-order valence-electron chi connectivity index (χ0n) is 25.3. The Labute approximate surface area is 244 Å². The number of aliphatic hydroxyl groups is 1. The van der Waals surface area contributed by atoms with Gasteiger partial charge in [-0.1, -0.05) is 112 Å². The first kappa shape index (κ1) is 34.0. The van der Waals surface area contributed by atoms with E-state index in [9.17, 15) is 5.11 Å². The Kier molecular flexibility index (Phi) is 14.1. The van der Waals surface area contributed by atoms with Gasteiger partial charge in [0.1, 0.15) is 0 Å². The normalized spacial score (nSPS) is 12.1. The van der Waals surface area contributed by atoms with Gasteiger partial charge in [-0.05, 0) is 68.9 Å². The lowest BCUT2D eigenvalue weighted by molar-refractivity contribution is -0.0396. The van der Waals surface area contributed by atoms with Crippen LogP contribution in [0.15, 0.2) is 115 Å². The van der Waals surface area contributed by atoms with Crippen LogP contribution in [0.3, 0.4) is 0 Å². The van der Waals surface area contributed by atoms with Gasteiger partial charge in [-0.15, -0.1) is 19.2 Å². The van der Waals surface area contributed by atoms with E-state index >= 15 is 0 Å². The molecule has 210 valence electrons. The van der Waals surface area contributed by atoms with Crippen molar-refractivity contribution in [3.8, 4) is 11.1 Å². The van der Waals surface area contributed by atoms with Gasteiger partial charge in [0.2, 0.25) is 0 Å². The summed E-state index contributed by atoms with van der Waals surface area (Å²) in [6.07, 6.45) is 5.86. The first-order chi connectivity index (χ1) is 18.3. The van der Waals surface area contributed by atoms with Crippen molar-refractivity contribution >= 4 is 18.3 Å². The molecule has 0 saturated carbocycles. The number of rotatable bonds is 6. The van der Waals surface area contributed by atoms with Crippen LogP contribution in [0.4, 0.5) is 0 Å². The van der Waals surface area contributed by atoms with Crippen LogP contribution in [0.2, 0.25) is 0 Å². The molecular formula is C36H49NOS. The van der Waals surface area contributed by atoms with Crippen molar-refractivity contribution in [3.63, 3.8) is 0 Å². The average Bonchev–Trinajstić information content (AvgIpc) is 3.54. The van der Waals surface area contributed by atoms with Crippen LogP contribution < -0.4 is 0 Å². The maximum absolute atomic E-state index is 9.68. The Balaban J connectivity index is 0.000000282. The Morgan fingerprint density at radius 1 is 0.846 bits per heavy atom. The summed E-state index contributed by atoms with van der Waals surface area (Å²) in [5.41, 5.74) is 7.06. The van der Waals surface area contributed by atoms with Gasteiger partial charge in [0.15, 0.2) is 0 Å². The molecule has 3 aromatic carbocycles. The standard InChI is InChI=1S/C13H12S.C11H11N.C9H20O.C3H6/c1-10-4-2-5-11(8-10)12-6-3-7-13(14)9-12;1-3-10-11(12(10)2)9-7-5-4-6-8-9;1-6-7-8(2,3)9(4,5)10;1-3-2/h2-9,14H,1H3;3-8H,1H2,2H3;10H,6-7H2,1-5H3;3H,1H2,2H3. The molecule has 0 radical (unpaired) electrons. The largest absolute Gasteiger partial charge is 0.390 e. The molecule has 3 heteroatoms. The van der Waals surface area contributed by atoms with Crippen LogP contribution in [0, 0.1) is 12.3 Å². The van der Waals surface area contributed by atoms with Gasteiger partial charge < -0.3 is 10.0 Å². The highest BCUT2D eigenvalue weighted by Gasteiger charge is 2.33. The van der Waals surface area contributed by atoms with Crippen molar-refractivity contribution in [3.05, 3.63) is 121 Å². The van der Waals surface area contributed by atoms with Crippen molar-refractivity contribution in [1.29, 1.82) is 0 Å². The predicted molar refractivity (Wildman–Crippen MR) is 176 cm³/mol. The van der Waals surface area contributed by atoms with Crippen molar-refractivity contribution < 1.29 is 5.11 Å². The minimum absolute atomic E-state index is 0.0434. The van der Waals surface area contributed by atoms with Gasteiger partial charge in [-0.25, -0.2) is 0 Å². The van der Waals surface area contributed by atoms with Crippen molar-refractivity contribution in [1.82, 2.24) is 4.90 Å². The molecule has 0 spiro atoms. The third-order valence-electron chi connectivity index (χ3n) is 6.86.